The molecule has 0 amide bonds. The van der Waals surface area contributed by atoms with Crippen molar-refractivity contribution in [1.82, 2.24) is 9.47 Å². The molecular formula is C25H28N2O4. The van der Waals surface area contributed by atoms with Crippen LogP contribution in [-0.4, -0.2) is 39.8 Å². The standard InChI is InChI=1S/C25H28N2O4/c1-5-30-23(28)22-21(26(22)16-17-11-7-6-8-12-17)20-15-18-13-9-10-14-19(18)27(20)24(29)31-25(2,3)4/h6-15,21-22H,5,16H2,1-4H3/t21?,22-,26?/m1/s1. The van der Waals surface area contributed by atoms with Crippen LogP contribution in [0.15, 0.2) is 60.7 Å². The van der Waals surface area contributed by atoms with Gasteiger partial charge in [-0.3, -0.25) is 9.69 Å². The summed E-state index contributed by atoms with van der Waals surface area (Å²) < 4.78 is 12.6. The first kappa shape index (κ1) is 21.1. The van der Waals surface area contributed by atoms with Crippen LogP contribution in [-0.2, 0) is 20.8 Å². The normalized spacial score (nSPS) is 20.5. The summed E-state index contributed by atoms with van der Waals surface area (Å²) in [6, 6.07) is 18.9. The van der Waals surface area contributed by atoms with E-state index in [-0.39, 0.29) is 12.0 Å². The number of aromatic nitrogens is 1. The summed E-state index contributed by atoms with van der Waals surface area (Å²) in [7, 11) is 0. The highest BCUT2D eigenvalue weighted by Crippen LogP contribution is 2.46. The van der Waals surface area contributed by atoms with Crippen LogP contribution in [0, 0.1) is 0 Å². The summed E-state index contributed by atoms with van der Waals surface area (Å²) >= 11 is 0. The van der Waals surface area contributed by atoms with Crippen LogP contribution in [0.25, 0.3) is 10.9 Å². The maximum atomic E-state index is 13.2. The van der Waals surface area contributed by atoms with Gasteiger partial charge >= 0.3 is 12.1 Å². The summed E-state index contributed by atoms with van der Waals surface area (Å²) in [5.74, 6) is -0.274. The second kappa shape index (κ2) is 8.19. The van der Waals surface area contributed by atoms with Gasteiger partial charge in [-0.25, -0.2) is 9.36 Å². The average molecular weight is 421 g/mol. The van der Waals surface area contributed by atoms with Crippen molar-refractivity contribution in [2.45, 2.75) is 51.9 Å². The highest BCUT2D eigenvalue weighted by atomic mass is 16.6. The quantitative estimate of drug-likeness (QED) is 0.433. The van der Waals surface area contributed by atoms with E-state index < -0.39 is 17.7 Å². The molecule has 0 radical (unpaired) electrons. The number of fused-ring (bicyclic) bond motifs is 1. The number of esters is 1. The lowest BCUT2D eigenvalue weighted by atomic mass is 10.2. The van der Waals surface area contributed by atoms with Gasteiger partial charge in [0.15, 0.2) is 0 Å². The fourth-order valence-corrected chi connectivity index (χ4v) is 4.00. The Morgan fingerprint density at radius 3 is 2.35 bits per heavy atom. The zero-order valence-corrected chi connectivity index (χ0v) is 18.4. The first-order valence-corrected chi connectivity index (χ1v) is 10.6. The largest absolute Gasteiger partial charge is 0.465 e. The van der Waals surface area contributed by atoms with Gasteiger partial charge in [-0.15, -0.1) is 0 Å². The monoisotopic (exact) mass is 420 g/mol. The lowest BCUT2D eigenvalue weighted by molar-refractivity contribution is -0.143. The van der Waals surface area contributed by atoms with E-state index in [1.807, 2.05) is 81.4 Å². The van der Waals surface area contributed by atoms with Gasteiger partial charge in [-0.1, -0.05) is 48.5 Å². The minimum absolute atomic E-state index is 0.265. The number of ether oxygens (including phenoxy) is 2. The van der Waals surface area contributed by atoms with Crippen LogP contribution in [0.4, 0.5) is 4.79 Å². The van der Waals surface area contributed by atoms with Crippen molar-refractivity contribution in [3.05, 3.63) is 71.9 Å². The van der Waals surface area contributed by atoms with Crippen molar-refractivity contribution in [3.8, 4) is 0 Å². The van der Waals surface area contributed by atoms with E-state index in [2.05, 4.69) is 4.90 Å². The van der Waals surface area contributed by atoms with Crippen LogP contribution in [0.1, 0.15) is 45.0 Å². The van der Waals surface area contributed by atoms with Crippen LogP contribution >= 0.6 is 0 Å². The smallest absolute Gasteiger partial charge is 0.419 e. The Kier molecular flexibility index (Phi) is 5.58. The number of para-hydroxylation sites is 1. The Bertz CT molecular complexity index is 1100. The molecule has 2 unspecified atom stereocenters. The minimum atomic E-state index is -0.631. The van der Waals surface area contributed by atoms with Crippen molar-refractivity contribution in [1.29, 1.82) is 0 Å². The molecule has 4 rings (SSSR count). The summed E-state index contributed by atoms with van der Waals surface area (Å²) in [6.07, 6.45) is -0.446. The molecule has 3 atom stereocenters. The Hall–Kier alpha value is -3.12. The van der Waals surface area contributed by atoms with Gasteiger partial charge in [-0.05, 0) is 45.4 Å². The topological polar surface area (TPSA) is 60.5 Å². The Morgan fingerprint density at radius 1 is 1.00 bits per heavy atom. The summed E-state index contributed by atoms with van der Waals surface area (Å²) in [5, 5.41) is 0.928. The maximum absolute atomic E-state index is 13.2. The predicted octanol–water partition coefficient (Wildman–Crippen LogP) is 4.91. The van der Waals surface area contributed by atoms with Gasteiger partial charge < -0.3 is 9.47 Å². The minimum Gasteiger partial charge on any atom is -0.465 e. The first-order chi connectivity index (χ1) is 14.8. The van der Waals surface area contributed by atoms with Crippen molar-refractivity contribution < 1.29 is 19.1 Å². The van der Waals surface area contributed by atoms with E-state index in [1.165, 1.54) is 0 Å². The van der Waals surface area contributed by atoms with Crippen LogP contribution in [0.3, 0.4) is 0 Å². The van der Waals surface area contributed by atoms with E-state index in [9.17, 15) is 9.59 Å². The Labute approximate surface area is 182 Å². The number of hydrogen-bond donors (Lipinski definition) is 0. The number of hydrogen-bond acceptors (Lipinski definition) is 5. The van der Waals surface area contributed by atoms with Crippen molar-refractivity contribution in [3.63, 3.8) is 0 Å². The highest BCUT2D eigenvalue weighted by Gasteiger charge is 2.56. The third kappa shape index (κ3) is 4.35. The average Bonchev–Trinajstić information content (AvgIpc) is 3.27. The number of nitrogens with zero attached hydrogens (tertiary/aromatic N) is 2. The zero-order valence-electron chi connectivity index (χ0n) is 18.4. The van der Waals surface area contributed by atoms with E-state index in [0.717, 1.165) is 22.2 Å². The van der Waals surface area contributed by atoms with Gasteiger partial charge in [0.1, 0.15) is 11.6 Å². The molecule has 1 aliphatic rings. The van der Waals surface area contributed by atoms with Crippen LogP contribution < -0.4 is 0 Å². The molecule has 6 heteroatoms. The summed E-state index contributed by atoms with van der Waals surface area (Å²) in [5.41, 5.74) is 1.97. The summed E-state index contributed by atoms with van der Waals surface area (Å²) in [4.78, 5) is 27.9. The van der Waals surface area contributed by atoms with Crippen molar-refractivity contribution in [2.75, 3.05) is 6.61 Å². The molecule has 1 fully saturated rings. The molecule has 0 N–H and O–H groups in total. The van der Waals surface area contributed by atoms with Gasteiger partial charge in [0.2, 0.25) is 0 Å². The van der Waals surface area contributed by atoms with Crippen LogP contribution in [0.5, 0.6) is 0 Å². The molecule has 6 nitrogen and oxygen atoms in total. The van der Waals surface area contributed by atoms with Gasteiger partial charge in [0.25, 0.3) is 0 Å². The fourth-order valence-electron chi connectivity index (χ4n) is 4.00. The molecule has 1 aromatic heterocycles. The van der Waals surface area contributed by atoms with E-state index in [4.69, 9.17) is 9.47 Å². The van der Waals surface area contributed by atoms with Gasteiger partial charge in [-0.2, -0.15) is 0 Å². The van der Waals surface area contributed by atoms with Crippen molar-refractivity contribution >= 4 is 23.0 Å². The van der Waals surface area contributed by atoms with E-state index >= 15 is 0 Å². The number of carbonyl (C=O) groups excluding carboxylic acids is 2. The summed E-state index contributed by atoms with van der Waals surface area (Å²) in [6.45, 7) is 8.24. The maximum Gasteiger partial charge on any atom is 0.419 e. The van der Waals surface area contributed by atoms with Crippen molar-refractivity contribution in [2.24, 2.45) is 0 Å². The number of benzene rings is 2. The molecule has 0 saturated carbocycles. The zero-order chi connectivity index (χ0) is 22.2. The molecule has 0 aliphatic carbocycles. The molecule has 0 spiro atoms. The second-order valence-electron chi connectivity index (χ2n) is 8.74. The molecule has 2 heterocycles. The van der Waals surface area contributed by atoms with Gasteiger partial charge in [0.05, 0.1) is 18.2 Å². The third-order valence-electron chi connectivity index (χ3n) is 5.28. The Morgan fingerprint density at radius 2 is 1.68 bits per heavy atom. The molecular weight excluding hydrogens is 392 g/mol. The highest BCUT2D eigenvalue weighted by molar-refractivity contribution is 5.92. The molecule has 162 valence electrons. The molecule has 1 aliphatic heterocycles. The van der Waals surface area contributed by atoms with E-state index in [1.54, 1.807) is 11.5 Å². The number of carbonyl (C=O) groups is 2. The van der Waals surface area contributed by atoms with Crippen LogP contribution in [0.2, 0.25) is 0 Å². The third-order valence-corrected chi connectivity index (χ3v) is 5.28. The molecule has 3 aromatic rings. The number of rotatable bonds is 5. The predicted molar refractivity (Wildman–Crippen MR) is 119 cm³/mol. The second-order valence-corrected chi connectivity index (χ2v) is 8.74. The lowest BCUT2D eigenvalue weighted by Gasteiger charge is -2.21. The fraction of sp³-hybridized carbons (Fsp3) is 0.360. The molecule has 1 saturated heterocycles. The lowest BCUT2D eigenvalue weighted by Crippen LogP contribution is -2.28. The molecule has 0 bridgehead atoms. The first-order valence-electron chi connectivity index (χ1n) is 10.6. The SMILES string of the molecule is CCOC(=O)[C@H]1C(c2cc3ccccc3n2C(=O)OC(C)(C)C)N1Cc1ccccc1. The molecule has 31 heavy (non-hydrogen) atoms. The van der Waals surface area contributed by atoms with E-state index in [0.29, 0.717) is 13.2 Å². The molecule has 2 aromatic carbocycles. The Balaban J connectivity index is 1.75. The van der Waals surface area contributed by atoms with Gasteiger partial charge in [0, 0.05) is 17.6 Å².